The summed E-state index contributed by atoms with van der Waals surface area (Å²) in [5.74, 6) is 1.67. The molecule has 1 fully saturated rings. The van der Waals surface area contributed by atoms with Crippen LogP contribution in [0, 0.1) is 0 Å². The Morgan fingerprint density at radius 2 is 1.89 bits per heavy atom. The van der Waals surface area contributed by atoms with Gasteiger partial charge in [0.05, 0.1) is 13.1 Å². The lowest BCUT2D eigenvalue weighted by atomic mass is 10.1. The molecule has 2 aliphatic heterocycles. The number of thioether (sulfide) groups is 1. The summed E-state index contributed by atoms with van der Waals surface area (Å²) < 4.78 is 11.3. The minimum absolute atomic E-state index is 0.614. The fourth-order valence-electron chi connectivity index (χ4n) is 3.28. The van der Waals surface area contributed by atoms with Crippen LogP contribution in [0.25, 0.3) is 6.08 Å². The molecule has 2 heterocycles. The van der Waals surface area contributed by atoms with E-state index >= 15 is 0 Å². The Morgan fingerprint density at radius 1 is 1.07 bits per heavy atom. The molecule has 0 unspecified atom stereocenters. The molecular formula is C23H26N2O2S. The molecule has 2 aromatic rings. The molecule has 5 heteroatoms. The monoisotopic (exact) mass is 394 g/mol. The van der Waals surface area contributed by atoms with Crippen molar-refractivity contribution in [3.63, 3.8) is 0 Å². The van der Waals surface area contributed by atoms with E-state index in [1.807, 2.05) is 12.1 Å². The predicted molar refractivity (Wildman–Crippen MR) is 117 cm³/mol. The van der Waals surface area contributed by atoms with Crippen molar-refractivity contribution in [1.82, 2.24) is 4.90 Å². The van der Waals surface area contributed by atoms with Crippen molar-refractivity contribution in [3.8, 4) is 11.5 Å². The number of benzene rings is 2. The molecule has 2 aromatic carbocycles. The first-order chi connectivity index (χ1) is 13.8. The summed E-state index contributed by atoms with van der Waals surface area (Å²) >= 11 is 1.79. The average molecular weight is 395 g/mol. The van der Waals surface area contributed by atoms with Crippen LogP contribution in [0.2, 0.25) is 0 Å². The van der Waals surface area contributed by atoms with Crippen molar-refractivity contribution in [1.29, 1.82) is 0 Å². The van der Waals surface area contributed by atoms with Gasteiger partial charge in [-0.15, -0.1) is 0 Å². The normalized spacial score (nSPS) is 18.8. The number of ether oxygens (including phenoxy) is 2. The highest BCUT2D eigenvalue weighted by Gasteiger charge is 2.23. The lowest BCUT2D eigenvalue weighted by Gasteiger charge is -2.18. The van der Waals surface area contributed by atoms with Crippen LogP contribution in [-0.4, -0.2) is 36.4 Å². The molecule has 28 heavy (non-hydrogen) atoms. The van der Waals surface area contributed by atoms with Crippen molar-refractivity contribution >= 4 is 23.0 Å². The average Bonchev–Trinajstić information content (AvgIpc) is 3.12. The minimum atomic E-state index is 0.614. The number of rotatable bonds is 6. The zero-order valence-corrected chi connectivity index (χ0v) is 17.1. The van der Waals surface area contributed by atoms with Gasteiger partial charge >= 0.3 is 0 Å². The van der Waals surface area contributed by atoms with E-state index < -0.39 is 0 Å². The van der Waals surface area contributed by atoms with Crippen LogP contribution in [0.4, 0.5) is 0 Å². The number of amidine groups is 1. The molecular weight excluding hydrogens is 368 g/mol. The van der Waals surface area contributed by atoms with E-state index in [0.717, 1.165) is 41.9 Å². The highest BCUT2D eigenvalue weighted by Crippen LogP contribution is 2.35. The third kappa shape index (κ3) is 4.71. The number of nitrogens with zero attached hydrogens (tertiary/aromatic N) is 2. The number of fused-ring (bicyclic) bond motifs is 1. The summed E-state index contributed by atoms with van der Waals surface area (Å²) in [7, 11) is 0. The maximum atomic E-state index is 5.72. The SMILES string of the molecule is CCCCN1C/C(=C/c2ccc3c(c2)OCCO3)S/C1=N\Cc1ccccc1. The maximum absolute atomic E-state index is 5.72. The van der Waals surface area contributed by atoms with Crippen LogP contribution in [-0.2, 0) is 6.54 Å². The smallest absolute Gasteiger partial charge is 0.164 e. The van der Waals surface area contributed by atoms with E-state index in [1.165, 1.54) is 23.3 Å². The van der Waals surface area contributed by atoms with Crippen LogP contribution in [0.1, 0.15) is 30.9 Å². The molecule has 0 aliphatic carbocycles. The Balaban J connectivity index is 1.51. The summed E-state index contributed by atoms with van der Waals surface area (Å²) in [6.45, 7) is 6.17. The van der Waals surface area contributed by atoms with Gasteiger partial charge in [0.2, 0.25) is 0 Å². The zero-order valence-electron chi connectivity index (χ0n) is 16.3. The number of unbranched alkanes of at least 4 members (excludes halogenated alkanes) is 1. The second kappa shape index (κ2) is 9.20. The first kappa shape index (κ1) is 18.9. The number of aliphatic imine (C=N–C) groups is 1. The highest BCUT2D eigenvalue weighted by atomic mass is 32.2. The Kier molecular flexibility index (Phi) is 6.22. The Hall–Kier alpha value is -2.40. The van der Waals surface area contributed by atoms with Crippen molar-refractivity contribution < 1.29 is 9.47 Å². The quantitative estimate of drug-likeness (QED) is 0.674. The van der Waals surface area contributed by atoms with Crippen LogP contribution in [0.5, 0.6) is 11.5 Å². The zero-order chi connectivity index (χ0) is 19.2. The molecule has 146 valence electrons. The van der Waals surface area contributed by atoms with Crippen molar-refractivity contribution in [2.45, 2.75) is 26.3 Å². The Morgan fingerprint density at radius 3 is 2.71 bits per heavy atom. The second-order valence-electron chi connectivity index (χ2n) is 6.98. The van der Waals surface area contributed by atoms with E-state index in [9.17, 15) is 0 Å². The predicted octanol–water partition coefficient (Wildman–Crippen LogP) is 5.20. The first-order valence-electron chi connectivity index (χ1n) is 9.93. The topological polar surface area (TPSA) is 34.1 Å². The summed E-state index contributed by atoms with van der Waals surface area (Å²) in [4.78, 5) is 8.63. The van der Waals surface area contributed by atoms with Gasteiger partial charge in [-0.25, -0.2) is 0 Å². The number of hydrogen-bond donors (Lipinski definition) is 0. The molecule has 1 saturated heterocycles. The van der Waals surface area contributed by atoms with Gasteiger partial charge in [-0.05, 0) is 35.8 Å². The van der Waals surface area contributed by atoms with Gasteiger partial charge < -0.3 is 14.4 Å². The van der Waals surface area contributed by atoms with Crippen LogP contribution in [0.3, 0.4) is 0 Å². The second-order valence-corrected chi connectivity index (χ2v) is 8.07. The summed E-state index contributed by atoms with van der Waals surface area (Å²) in [6.07, 6.45) is 4.61. The molecule has 0 amide bonds. The molecule has 0 N–H and O–H groups in total. The number of hydrogen-bond acceptors (Lipinski definition) is 4. The highest BCUT2D eigenvalue weighted by molar-refractivity contribution is 8.17. The van der Waals surface area contributed by atoms with Gasteiger partial charge in [0.15, 0.2) is 16.7 Å². The fraction of sp³-hybridized carbons (Fsp3) is 0.348. The fourth-order valence-corrected chi connectivity index (χ4v) is 4.34. The van der Waals surface area contributed by atoms with Crippen molar-refractivity contribution in [2.24, 2.45) is 4.99 Å². The third-order valence-corrected chi connectivity index (χ3v) is 5.83. The van der Waals surface area contributed by atoms with E-state index in [0.29, 0.717) is 13.2 Å². The van der Waals surface area contributed by atoms with Gasteiger partial charge in [-0.3, -0.25) is 4.99 Å². The van der Waals surface area contributed by atoms with Gasteiger partial charge in [0.1, 0.15) is 13.2 Å². The molecule has 0 saturated carbocycles. The molecule has 0 atom stereocenters. The Labute approximate surface area is 171 Å². The van der Waals surface area contributed by atoms with Crippen LogP contribution in [0.15, 0.2) is 58.4 Å². The van der Waals surface area contributed by atoms with Crippen LogP contribution < -0.4 is 9.47 Å². The lowest BCUT2D eigenvalue weighted by Crippen LogP contribution is -2.25. The van der Waals surface area contributed by atoms with Crippen molar-refractivity contribution in [2.75, 3.05) is 26.3 Å². The largest absolute Gasteiger partial charge is 0.486 e. The molecule has 0 radical (unpaired) electrons. The lowest BCUT2D eigenvalue weighted by molar-refractivity contribution is 0.171. The van der Waals surface area contributed by atoms with E-state index in [-0.39, 0.29) is 0 Å². The summed E-state index contributed by atoms with van der Waals surface area (Å²) in [5, 5.41) is 1.13. The summed E-state index contributed by atoms with van der Waals surface area (Å²) in [6, 6.07) is 16.6. The molecule has 0 bridgehead atoms. The Bertz CT molecular complexity index is 864. The molecule has 2 aliphatic rings. The third-order valence-electron chi connectivity index (χ3n) is 4.75. The van der Waals surface area contributed by atoms with E-state index in [4.69, 9.17) is 14.5 Å². The summed E-state index contributed by atoms with van der Waals surface area (Å²) in [5.41, 5.74) is 2.39. The van der Waals surface area contributed by atoms with Gasteiger partial charge in [-0.1, -0.05) is 61.5 Å². The minimum Gasteiger partial charge on any atom is -0.486 e. The van der Waals surface area contributed by atoms with Gasteiger partial charge in [0.25, 0.3) is 0 Å². The van der Waals surface area contributed by atoms with Gasteiger partial charge in [-0.2, -0.15) is 0 Å². The van der Waals surface area contributed by atoms with Gasteiger partial charge in [0, 0.05) is 11.4 Å². The maximum Gasteiger partial charge on any atom is 0.164 e. The standard InChI is InChI=1S/C23H26N2O2S/c1-2-3-11-25-17-20(28-23(25)24-16-18-7-5-4-6-8-18)14-19-9-10-21-22(15-19)27-13-12-26-21/h4-10,14-15H,2-3,11-13,16-17H2,1H3/b20-14-,24-23-. The molecule has 4 nitrogen and oxygen atoms in total. The molecule has 4 rings (SSSR count). The van der Waals surface area contributed by atoms with Crippen molar-refractivity contribution in [3.05, 3.63) is 64.6 Å². The first-order valence-corrected chi connectivity index (χ1v) is 10.7. The van der Waals surface area contributed by atoms with E-state index in [2.05, 4.69) is 54.3 Å². The van der Waals surface area contributed by atoms with E-state index in [1.54, 1.807) is 11.8 Å². The van der Waals surface area contributed by atoms with Crippen LogP contribution >= 0.6 is 11.8 Å². The molecule has 0 aromatic heterocycles. The molecule has 0 spiro atoms.